The zero-order chi connectivity index (χ0) is 18.0. The van der Waals surface area contributed by atoms with Crippen LogP contribution in [0.2, 0.25) is 5.02 Å². The minimum atomic E-state index is -0.402. The van der Waals surface area contributed by atoms with E-state index >= 15 is 0 Å². The van der Waals surface area contributed by atoms with Crippen LogP contribution in [-0.4, -0.2) is 23.0 Å². The number of hydrogen-bond acceptors (Lipinski definition) is 5. The molecule has 128 valence electrons. The highest BCUT2D eigenvalue weighted by molar-refractivity contribution is 7.17. The van der Waals surface area contributed by atoms with Gasteiger partial charge in [-0.1, -0.05) is 35.6 Å². The van der Waals surface area contributed by atoms with E-state index < -0.39 is 5.91 Å². The van der Waals surface area contributed by atoms with Gasteiger partial charge in [-0.3, -0.25) is 9.59 Å². The number of anilines is 2. The van der Waals surface area contributed by atoms with Gasteiger partial charge in [-0.2, -0.15) is 0 Å². The summed E-state index contributed by atoms with van der Waals surface area (Å²) in [5.74, 6) is -0.394. The lowest BCUT2D eigenvalue weighted by Crippen LogP contribution is -2.13. The molecule has 1 fully saturated rings. The molecule has 1 aromatic heterocycles. The van der Waals surface area contributed by atoms with E-state index in [4.69, 9.17) is 17.0 Å². The molecule has 3 rings (SSSR count). The number of benzene rings is 1. The van der Waals surface area contributed by atoms with E-state index in [-0.39, 0.29) is 11.8 Å². The fraction of sp³-hybridized carbons (Fsp3) is 0.176. The van der Waals surface area contributed by atoms with Crippen molar-refractivity contribution in [3.8, 4) is 0 Å². The monoisotopic (exact) mass is 374 g/mol. The Morgan fingerprint density at radius 2 is 2.12 bits per heavy atom. The SMILES string of the molecule is C=Cc1cc(Cl)c(NC(=O)c2cnc(NC(=O)C3CC3)s2)c(C=N)c1. The van der Waals surface area contributed by atoms with Gasteiger partial charge in [-0.05, 0) is 30.5 Å². The molecule has 0 bridgehead atoms. The second-order valence-corrected chi connectivity index (χ2v) is 7.00. The summed E-state index contributed by atoms with van der Waals surface area (Å²) in [5, 5.41) is 13.6. The van der Waals surface area contributed by atoms with Gasteiger partial charge in [0.25, 0.3) is 5.91 Å². The second kappa shape index (κ2) is 7.16. The van der Waals surface area contributed by atoms with E-state index in [1.807, 2.05) is 0 Å². The molecular weight excluding hydrogens is 360 g/mol. The Labute approximate surface area is 153 Å². The zero-order valence-electron chi connectivity index (χ0n) is 13.1. The molecule has 2 amide bonds. The summed E-state index contributed by atoms with van der Waals surface area (Å²) in [4.78, 5) is 28.6. The summed E-state index contributed by atoms with van der Waals surface area (Å²) in [6.07, 6.45) is 5.93. The maximum absolute atomic E-state index is 12.4. The highest BCUT2D eigenvalue weighted by Crippen LogP contribution is 2.31. The summed E-state index contributed by atoms with van der Waals surface area (Å²) in [6.45, 7) is 3.67. The number of aromatic nitrogens is 1. The maximum Gasteiger partial charge on any atom is 0.267 e. The summed E-state index contributed by atoms with van der Waals surface area (Å²) < 4.78 is 0. The van der Waals surface area contributed by atoms with Crippen molar-refractivity contribution >= 4 is 57.9 Å². The molecule has 0 unspecified atom stereocenters. The summed E-state index contributed by atoms with van der Waals surface area (Å²) in [5.41, 5.74) is 1.58. The number of rotatable bonds is 6. The third kappa shape index (κ3) is 3.94. The average Bonchev–Trinajstić information content (AvgIpc) is 3.36. The van der Waals surface area contributed by atoms with Gasteiger partial charge in [0.15, 0.2) is 5.13 Å². The normalized spacial score (nSPS) is 13.2. The molecule has 1 saturated carbocycles. The number of hydrogen-bond donors (Lipinski definition) is 3. The largest absolute Gasteiger partial charge is 0.319 e. The van der Waals surface area contributed by atoms with Crippen LogP contribution in [0.1, 0.15) is 33.6 Å². The quantitative estimate of drug-likeness (QED) is 0.666. The molecule has 0 saturated heterocycles. The average molecular weight is 375 g/mol. The molecule has 6 nitrogen and oxygen atoms in total. The van der Waals surface area contributed by atoms with Crippen LogP contribution in [0.5, 0.6) is 0 Å². The van der Waals surface area contributed by atoms with Crippen LogP contribution in [0, 0.1) is 11.3 Å². The predicted molar refractivity (Wildman–Crippen MR) is 101 cm³/mol. The number of nitrogens with zero attached hydrogens (tertiary/aromatic N) is 1. The summed E-state index contributed by atoms with van der Waals surface area (Å²) in [6, 6.07) is 3.36. The van der Waals surface area contributed by atoms with Crippen LogP contribution in [0.25, 0.3) is 6.08 Å². The molecule has 0 atom stereocenters. The molecular formula is C17H15ClN4O2S. The molecule has 2 aromatic rings. The van der Waals surface area contributed by atoms with Crippen LogP contribution in [-0.2, 0) is 4.79 Å². The number of halogens is 1. The van der Waals surface area contributed by atoms with Crippen molar-refractivity contribution in [2.45, 2.75) is 12.8 Å². The van der Waals surface area contributed by atoms with Gasteiger partial charge >= 0.3 is 0 Å². The molecule has 3 N–H and O–H groups in total. The number of carbonyl (C=O) groups excluding carboxylic acids is 2. The van der Waals surface area contributed by atoms with Crippen molar-refractivity contribution < 1.29 is 9.59 Å². The van der Waals surface area contributed by atoms with Gasteiger partial charge < -0.3 is 16.0 Å². The Kier molecular flexibility index (Phi) is 4.96. The molecule has 0 aliphatic heterocycles. The zero-order valence-corrected chi connectivity index (χ0v) is 14.7. The Morgan fingerprint density at radius 3 is 2.76 bits per heavy atom. The Bertz CT molecular complexity index is 874. The van der Waals surface area contributed by atoms with Gasteiger partial charge in [0, 0.05) is 17.7 Å². The lowest BCUT2D eigenvalue weighted by molar-refractivity contribution is -0.117. The van der Waals surface area contributed by atoms with Crippen LogP contribution in [0.4, 0.5) is 10.8 Å². The van der Waals surface area contributed by atoms with Crippen molar-refractivity contribution in [2.24, 2.45) is 5.92 Å². The predicted octanol–water partition coefficient (Wildman–Crippen LogP) is 4.04. The number of nitrogens with one attached hydrogen (secondary N) is 3. The van der Waals surface area contributed by atoms with E-state index in [1.54, 1.807) is 18.2 Å². The first-order valence-electron chi connectivity index (χ1n) is 7.56. The van der Waals surface area contributed by atoms with Crippen molar-refractivity contribution in [1.82, 2.24) is 4.98 Å². The molecule has 1 aromatic carbocycles. The maximum atomic E-state index is 12.4. The Morgan fingerprint density at radius 1 is 1.36 bits per heavy atom. The van der Waals surface area contributed by atoms with Crippen LogP contribution in [0.15, 0.2) is 24.9 Å². The van der Waals surface area contributed by atoms with E-state index in [0.29, 0.717) is 26.3 Å². The first kappa shape index (κ1) is 17.3. The smallest absolute Gasteiger partial charge is 0.267 e. The fourth-order valence-electron chi connectivity index (χ4n) is 2.18. The van der Waals surface area contributed by atoms with E-state index in [1.165, 1.54) is 6.20 Å². The third-order valence-corrected chi connectivity index (χ3v) is 4.89. The summed E-state index contributed by atoms with van der Waals surface area (Å²) in [7, 11) is 0. The first-order chi connectivity index (χ1) is 12.0. The highest BCUT2D eigenvalue weighted by atomic mass is 35.5. The van der Waals surface area contributed by atoms with E-state index in [2.05, 4.69) is 22.2 Å². The van der Waals surface area contributed by atoms with E-state index in [9.17, 15) is 9.59 Å². The van der Waals surface area contributed by atoms with Crippen molar-refractivity contribution in [2.75, 3.05) is 10.6 Å². The van der Waals surface area contributed by atoms with E-state index in [0.717, 1.165) is 36.0 Å². The number of carbonyl (C=O) groups is 2. The molecule has 1 heterocycles. The van der Waals surface area contributed by atoms with Crippen LogP contribution < -0.4 is 10.6 Å². The molecule has 25 heavy (non-hydrogen) atoms. The third-order valence-electron chi connectivity index (χ3n) is 3.68. The number of thiazole rings is 1. The van der Waals surface area contributed by atoms with Crippen LogP contribution in [0.3, 0.4) is 0 Å². The molecule has 1 aliphatic rings. The van der Waals surface area contributed by atoms with Gasteiger partial charge in [-0.25, -0.2) is 4.98 Å². The van der Waals surface area contributed by atoms with Crippen LogP contribution >= 0.6 is 22.9 Å². The highest BCUT2D eigenvalue weighted by Gasteiger charge is 2.30. The van der Waals surface area contributed by atoms with Crippen molar-refractivity contribution in [3.63, 3.8) is 0 Å². The molecule has 0 spiro atoms. The summed E-state index contributed by atoms with van der Waals surface area (Å²) >= 11 is 7.29. The second-order valence-electron chi connectivity index (χ2n) is 5.56. The standard InChI is InChI=1S/C17H15ClN4O2S/c1-2-9-5-11(7-19)14(12(18)6-9)21-16(24)13-8-20-17(25-13)22-15(23)10-3-4-10/h2,5-8,10,19H,1,3-4H2,(H,21,24)(H,20,22,23). The Hall–Kier alpha value is -2.51. The minimum absolute atomic E-state index is 0.0598. The number of amides is 2. The van der Waals surface area contributed by atoms with Gasteiger partial charge in [0.2, 0.25) is 5.91 Å². The van der Waals surface area contributed by atoms with Crippen molar-refractivity contribution in [1.29, 1.82) is 5.41 Å². The van der Waals surface area contributed by atoms with Gasteiger partial charge in [0.1, 0.15) is 4.88 Å². The molecule has 0 radical (unpaired) electrons. The van der Waals surface area contributed by atoms with Gasteiger partial charge in [0.05, 0.1) is 16.9 Å². The lowest BCUT2D eigenvalue weighted by Gasteiger charge is -2.10. The molecule has 8 heteroatoms. The van der Waals surface area contributed by atoms with Gasteiger partial charge in [-0.15, -0.1) is 0 Å². The minimum Gasteiger partial charge on any atom is -0.319 e. The molecule has 1 aliphatic carbocycles. The van der Waals surface area contributed by atoms with Crippen molar-refractivity contribution in [3.05, 3.63) is 45.9 Å². The fourth-order valence-corrected chi connectivity index (χ4v) is 3.18. The first-order valence-corrected chi connectivity index (χ1v) is 8.75. The Balaban J connectivity index is 1.76. The lowest BCUT2D eigenvalue weighted by atomic mass is 10.1. The topological polar surface area (TPSA) is 94.9 Å².